The van der Waals surface area contributed by atoms with Crippen LogP contribution in [0, 0.1) is 40.4 Å². The summed E-state index contributed by atoms with van der Waals surface area (Å²) in [6.07, 6.45) is 14.4. The first-order valence-corrected chi connectivity index (χ1v) is 10.1. The van der Waals surface area contributed by atoms with Gasteiger partial charge in [-0.2, -0.15) is 0 Å². The summed E-state index contributed by atoms with van der Waals surface area (Å²) in [5, 5.41) is 10.3. The lowest BCUT2D eigenvalue weighted by molar-refractivity contribution is -0.118. The third-order valence-electron chi connectivity index (χ3n) is 9.24. The van der Waals surface area contributed by atoms with Crippen molar-refractivity contribution in [2.75, 3.05) is 0 Å². The molecule has 126 valence electrons. The maximum absolute atomic E-state index is 10.3. The van der Waals surface area contributed by atoms with Gasteiger partial charge in [-0.15, -0.1) is 0 Å². The first-order valence-electron chi connectivity index (χ1n) is 10.1. The third kappa shape index (κ3) is 2.00. The molecule has 4 aliphatic rings. The monoisotopic (exact) mass is 304 g/mol. The Kier molecular flexibility index (Phi) is 3.68. The van der Waals surface area contributed by atoms with Gasteiger partial charge in [0.15, 0.2) is 0 Å². The van der Waals surface area contributed by atoms with Crippen molar-refractivity contribution in [3.63, 3.8) is 0 Å². The van der Waals surface area contributed by atoms with Crippen LogP contribution in [-0.4, -0.2) is 11.2 Å². The summed E-state index contributed by atoms with van der Waals surface area (Å²) in [6, 6.07) is 0. The van der Waals surface area contributed by atoms with E-state index in [2.05, 4.69) is 13.8 Å². The van der Waals surface area contributed by atoms with Gasteiger partial charge in [-0.3, -0.25) is 0 Å². The number of aliphatic hydroxyl groups excluding tert-OH is 1. The molecular weight excluding hydrogens is 268 g/mol. The second-order valence-electron chi connectivity index (χ2n) is 9.87. The first kappa shape index (κ1) is 15.5. The van der Waals surface area contributed by atoms with Gasteiger partial charge in [0.05, 0.1) is 6.10 Å². The predicted octanol–water partition coefficient (Wildman–Crippen LogP) is 5.42. The molecule has 0 aromatic heterocycles. The number of rotatable bonds is 1. The Morgan fingerprint density at radius 2 is 1.59 bits per heavy atom. The van der Waals surface area contributed by atoms with Crippen LogP contribution in [0.5, 0.6) is 0 Å². The molecule has 0 heterocycles. The van der Waals surface area contributed by atoms with Crippen molar-refractivity contribution in [3.8, 4) is 0 Å². The molecule has 4 saturated carbocycles. The minimum atomic E-state index is -0.104. The Balaban J connectivity index is 1.62. The van der Waals surface area contributed by atoms with E-state index < -0.39 is 0 Å². The maximum atomic E-state index is 10.3. The Morgan fingerprint density at radius 1 is 0.818 bits per heavy atom. The van der Waals surface area contributed by atoms with Gasteiger partial charge in [-0.25, -0.2) is 0 Å². The maximum Gasteiger partial charge on any atom is 0.0545 e. The van der Waals surface area contributed by atoms with Crippen molar-refractivity contribution < 1.29 is 5.11 Å². The fourth-order valence-corrected chi connectivity index (χ4v) is 8.13. The molecule has 0 bridgehead atoms. The van der Waals surface area contributed by atoms with Crippen molar-refractivity contribution in [1.29, 1.82) is 0 Å². The van der Waals surface area contributed by atoms with E-state index in [1.54, 1.807) is 0 Å². The van der Waals surface area contributed by atoms with Gasteiger partial charge in [0.1, 0.15) is 0 Å². The van der Waals surface area contributed by atoms with Crippen molar-refractivity contribution in [1.82, 2.24) is 0 Å². The normalized spacial score (nSPS) is 55.9. The largest absolute Gasteiger partial charge is 0.393 e. The lowest BCUT2D eigenvalue weighted by atomic mass is 9.45. The van der Waals surface area contributed by atoms with E-state index >= 15 is 0 Å². The molecule has 4 rings (SSSR count). The van der Waals surface area contributed by atoms with E-state index in [1.165, 1.54) is 64.2 Å². The third-order valence-corrected chi connectivity index (χ3v) is 9.24. The molecule has 0 radical (unpaired) electrons. The van der Waals surface area contributed by atoms with Crippen LogP contribution in [0.4, 0.5) is 0 Å². The van der Waals surface area contributed by atoms with Crippen molar-refractivity contribution >= 4 is 0 Å². The number of aliphatic hydroxyl groups is 1. The minimum absolute atomic E-state index is 0.104. The van der Waals surface area contributed by atoms with Gasteiger partial charge >= 0.3 is 0 Å². The van der Waals surface area contributed by atoms with Crippen LogP contribution in [-0.2, 0) is 0 Å². The van der Waals surface area contributed by atoms with Crippen LogP contribution >= 0.6 is 0 Å². The van der Waals surface area contributed by atoms with Crippen LogP contribution < -0.4 is 0 Å². The average Bonchev–Trinajstić information content (AvgIpc) is 2.84. The molecule has 1 heteroatoms. The van der Waals surface area contributed by atoms with Gasteiger partial charge < -0.3 is 5.11 Å². The molecule has 0 spiro atoms. The fraction of sp³-hybridized carbons (Fsp3) is 1.00. The Labute approximate surface area is 137 Å². The van der Waals surface area contributed by atoms with Gasteiger partial charge in [0.2, 0.25) is 0 Å². The Morgan fingerprint density at radius 3 is 2.36 bits per heavy atom. The van der Waals surface area contributed by atoms with E-state index in [-0.39, 0.29) is 6.10 Å². The molecule has 0 saturated heterocycles. The summed E-state index contributed by atoms with van der Waals surface area (Å²) in [5.74, 6) is 4.47. The highest BCUT2D eigenvalue weighted by Gasteiger charge is 2.60. The second kappa shape index (κ2) is 5.23. The van der Waals surface area contributed by atoms with E-state index in [0.717, 1.165) is 23.7 Å². The summed E-state index contributed by atoms with van der Waals surface area (Å²) < 4.78 is 0. The van der Waals surface area contributed by atoms with E-state index in [4.69, 9.17) is 0 Å². The number of hydrogen-bond donors (Lipinski definition) is 1. The van der Waals surface area contributed by atoms with Crippen LogP contribution in [0.25, 0.3) is 0 Å². The molecule has 4 aliphatic carbocycles. The molecular formula is C21H36O. The number of fused-ring (bicyclic) bond motifs is 5. The van der Waals surface area contributed by atoms with E-state index in [1.807, 2.05) is 6.92 Å². The lowest BCUT2D eigenvalue weighted by Gasteiger charge is -2.60. The zero-order valence-electron chi connectivity index (χ0n) is 15.0. The van der Waals surface area contributed by atoms with Gasteiger partial charge in [-0.1, -0.05) is 26.7 Å². The highest BCUT2D eigenvalue weighted by Crippen LogP contribution is 2.67. The zero-order valence-corrected chi connectivity index (χ0v) is 15.0. The summed E-state index contributed by atoms with van der Waals surface area (Å²) in [7, 11) is 0. The smallest absolute Gasteiger partial charge is 0.0545 e. The molecule has 8 atom stereocenters. The summed E-state index contributed by atoms with van der Waals surface area (Å²) in [5.41, 5.74) is 1.10. The van der Waals surface area contributed by atoms with E-state index in [9.17, 15) is 5.11 Å². The average molecular weight is 305 g/mol. The first-order chi connectivity index (χ1) is 10.5. The van der Waals surface area contributed by atoms with Crippen LogP contribution in [0.2, 0.25) is 0 Å². The Hall–Kier alpha value is -0.0400. The summed E-state index contributed by atoms with van der Waals surface area (Å²) >= 11 is 0. The van der Waals surface area contributed by atoms with Crippen molar-refractivity contribution in [3.05, 3.63) is 0 Å². The summed E-state index contributed by atoms with van der Waals surface area (Å²) in [6.45, 7) is 7.24. The van der Waals surface area contributed by atoms with Gasteiger partial charge in [0, 0.05) is 0 Å². The van der Waals surface area contributed by atoms with Crippen LogP contribution in [0.3, 0.4) is 0 Å². The number of hydrogen-bond acceptors (Lipinski definition) is 1. The van der Waals surface area contributed by atoms with Crippen molar-refractivity contribution in [2.45, 2.75) is 91.1 Å². The second-order valence-corrected chi connectivity index (χ2v) is 9.87. The quantitative estimate of drug-likeness (QED) is 0.686. The van der Waals surface area contributed by atoms with Gasteiger partial charge in [0.25, 0.3) is 0 Å². The highest BCUT2D eigenvalue weighted by atomic mass is 16.3. The van der Waals surface area contributed by atoms with Gasteiger partial charge in [-0.05, 0) is 98.7 Å². The topological polar surface area (TPSA) is 20.2 Å². The summed E-state index contributed by atoms with van der Waals surface area (Å²) in [4.78, 5) is 0. The van der Waals surface area contributed by atoms with Crippen LogP contribution in [0.1, 0.15) is 85.0 Å². The standard InChI is InChI=1S/C21H36O/c1-14(22)17-9-10-18-16-8-7-15-6-4-5-12-20(15,2)19(16)11-13-21(17,18)3/h14-19,22H,4-13H2,1-3H3/t14?,15?,16?,17?,18?,19?,20-,21+/m0/s1. The molecule has 1 N–H and O–H groups in total. The molecule has 4 fully saturated rings. The molecule has 0 amide bonds. The SMILES string of the molecule is CC(O)C1CCC2C3CCC4CCCC[C@]4(C)C3CC[C@]12C. The molecule has 0 aromatic carbocycles. The molecule has 0 aromatic rings. The molecule has 1 nitrogen and oxygen atoms in total. The zero-order chi connectivity index (χ0) is 15.5. The highest BCUT2D eigenvalue weighted by molar-refractivity contribution is 5.09. The fourth-order valence-electron chi connectivity index (χ4n) is 8.13. The molecule has 0 aliphatic heterocycles. The predicted molar refractivity (Wildman–Crippen MR) is 91.5 cm³/mol. The Bertz CT molecular complexity index is 430. The minimum Gasteiger partial charge on any atom is -0.393 e. The van der Waals surface area contributed by atoms with E-state index in [0.29, 0.717) is 16.7 Å². The van der Waals surface area contributed by atoms with Crippen LogP contribution in [0.15, 0.2) is 0 Å². The lowest BCUT2D eigenvalue weighted by Crippen LogP contribution is -2.53. The molecule has 6 unspecified atom stereocenters. The van der Waals surface area contributed by atoms with Crippen molar-refractivity contribution in [2.24, 2.45) is 40.4 Å². The molecule has 22 heavy (non-hydrogen) atoms.